The second kappa shape index (κ2) is 11.2. The van der Waals surface area contributed by atoms with Crippen molar-refractivity contribution in [3.8, 4) is 5.75 Å². The summed E-state index contributed by atoms with van der Waals surface area (Å²) in [6, 6.07) is 13.2. The zero-order valence-corrected chi connectivity index (χ0v) is 19.8. The third-order valence-corrected chi connectivity index (χ3v) is 6.65. The van der Waals surface area contributed by atoms with Gasteiger partial charge >= 0.3 is 0 Å². The average molecular weight is 464 g/mol. The van der Waals surface area contributed by atoms with E-state index < -0.39 is 15.9 Å². The topological polar surface area (TPSA) is 87.7 Å². The molecule has 31 heavy (non-hydrogen) atoms. The van der Waals surface area contributed by atoms with Gasteiger partial charge in [0.2, 0.25) is 10.0 Å². The molecule has 9 heteroatoms. The minimum Gasteiger partial charge on any atom is -0.492 e. The number of thiocarbonyl (C=S) groups is 1. The number of para-hydroxylation sites is 1. The Bertz CT molecular complexity index is 1000. The number of anilines is 1. The van der Waals surface area contributed by atoms with Gasteiger partial charge in [0.15, 0.2) is 5.11 Å². The van der Waals surface area contributed by atoms with Crippen molar-refractivity contribution in [2.75, 3.05) is 25.0 Å². The molecule has 0 atom stereocenters. The first-order valence-corrected chi connectivity index (χ1v) is 12.0. The molecule has 0 aromatic heterocycles. The van der Waals surface area contributed by atoms with Crippen LogP contribution in [0.3, 0.4) is 0 Å². The molecule has 0 fully saturated rings. The third-order valence-electron chi connectivity index (χ3n) is 4.39. The number of nitrogens with zero attached hydrogens (tertiary/aromatic N) is 1. The van der Waals surface area contributed by atoms with Gasteiger partial charge in [0.25, 0.3) is 5.91 Å². The maximum absolute atomic E-state index is 12.6. The zero-order valence-electron chi connectivity index (χ0n) is 18.2. The van der Waals surface area contributed by atoms with E-state index in [0.29, 0.717) is 42.6 Å². The van der Waals surface area contributed by atoms with Crippen molar-refractivity contribution in [3.05, 3.63) is 54.1 Å². The number of hydrogen-bond donors (Lipinski definition) is 2. The highest BCUT2D eigenvalue weighted by Crippen LogP contribution is 2.20. The first-order valence-electron chi connectivity index (χ1n) is 10.1. The molecule has 1 amide bonds. The number of nitrogens with one attached hydrogen (secondary N) is 2. The third kappa shape index (κ3) is 6.75. The van der Waals surface area contributed by atoms with Crippen LogP contribution in [0.2, 0.25) is 0 Å². The lowest BCUT2D eigenvalue weighted by Gasteiger charge is -2.18. The number of amides is 1. The van der Waals surface area contributed by atoms with Crippen molar-refractivity contribution in [2.24, 2.45) is 5.92 Å². The molecule has 2 N–H and O–H groups in total. The molecule has 2 rings (SSSR count). The minimum atomic E-state index is -3.53. The maximum Gasteiger partial charge on any atom is 0.261 e. The van der Waals surface area contributed by atoms with Gasteiger partial charge in [-0.05, 0) is 54.5 Å². The fourth-order valence-electron chi connectivity index (χ4n) is 2.79. The highest BCUT2D eigenvalue weighted by Gasteiger charge is 2.21. The van der Waals surface area contributed by atoms with E-state index in [1.54, 1.807) is 50.2 Å². The van der Waals surface area contributed by atoms with Gasteiger partial charge in [0.05, 0.1) is 17.1 Å². The van der Waals surface area contributed by atoms with Crippen molar-refractivity contribution < 1.29 is 17.9 Å². The van der Waals surface area contributed by atoms with Crippen LogP contribution < -0.4 is 15.4 Å². The second-order valence-electron chi connectivity index (χ2n) is 7.22. The standard InChI is InChI=1S/C22H29N3O4S2/c1-5-25(6-2)31(27,28)18-13-11-17(12-14-18)23-22(30)24-21(26)19-9-7-8-10-20(19)29-15-16(3)4/h7-14,16H,5-6,15H2,1-4H3,(H2,23,24,26,30). The Morgan fingerprint density at radius 1 is 1.06 bits per heavy atom. The number of rotatable bonds is 9. The molecular formula is C22H29N3O4S2. The Hall–Kier alpha value is -2.49. The summed E-state index contributed by atoms with van der Waals surface area (Å²) in [5, 5.41) is 5.63. The first kappa shape index (κ1) is 24.8. The summed E-state index contributed by atoms with van der Waals surface area (Å²) in [5.74, 6) is 0.424. The van der Waals surface area contributed by atoms with Crippen molar-refractivity contribution in [3.63, 3.8) is 0 Å². The molecule has 2 aromatic rings. The molecular weight excluding hydrogens is 434 g/mol. The zero-order chi connectivity index (χ0) is 23.0. The quantitative estimate of drug-likeness (QED) is 0.549. The molecule has 0 aliphatic carbocycles. The van der Waals surface area contributed by atoms with Crippen LogP contribution in [0.4, 0.5) is 5.69 Å². The summed E-state index contributed by atoms with van der Waals surface area (Å²) in [7, 11) is -3.53. The van der Waals surface area contributed by atoms with Gasteiger partial charge in [-0.3, -0.25) is 10.1 Å². The van der Waals surface area contributed by atoms with Crippen LogP contribution in [0.5, 0.6) is 5.75 Å². The summed E-state index contributed by atoms with van der Waals surface area (Å²) in [6.45, 7) is 8.94. The predicted molar refractivity (Wildman–Crippen MR) is 127 cm³/mol. The fraction of sp³-hybridized carbons (Fsp3) is 0.364. The van der Waals surface area contributed by atoms with E-state index >= 15 is 0 Å². The van der Waals surface area contributed by atoms with E-state index in [1.165, 1.54) is 16.4 Å². The largest absolute Gasteiger partial charge is 0.492 e. The lowest BCUT2D eigenvalue weighted by Crippen LogP contribution is -2.34. The Labute approximate surface area is 189 Å². The molecule has 2 aromatic carbocycles. The molecule has 0 saturated heterocycles. The van der Waals surface area contributed by atoms with Crippen LogP contribution in [0, 0.1) is 5.92 Å². The van der Waals surface area contributed by atoms with E-state index in [2.05, 4.69) is 10.6 Å². The van der Waals surface area contributed by atoms with Crippen LogP contribution >= 0.6 is 12.2 Å². The Morgan fingerprint density at radius 2 is 1.68 bits per heavy atom. The highest BCUT2D eigenvalue weighted by molar-refractivity contribution is 7.89. The number of benzene rings is 2. The predicted octanol–water partition coefficient (Wildman–Crippen LogP) is 3.88. The van der Waals surface area contributed by atoms with E-state index in [-0.39, 0.29) is 10.0 Å². The van der Waals surface area contributed by atoms with Crippen molar-refractivity contribution in [1.29, 1.82) is 0 Å². The highest BCUT2D eigenvalue weighted by atomic mass is 32.2. The normalized spacial score (nSPS) is 11.4. The van der Waals surface area contributed by atoms with Gasteiger partial charge in [-0.2, -0.15) is 4.31 Å². The Balaban J connectivity index is 2.04. The number of carbonyl (C=O) groups excluding carboxylic acids is 1. The van der Waals surface area contributed by atoms with E-state index in [9.17, 15) is 13.2 Å². The molecule has 0 heterocycles. The summed E-state index contributed by atoms with van der Waals surface area (Å²) in [6.07, 6.45) is 0. The SMILES string of the molecule is CCN(CC)S(=O)(=O)c1ccc(NC(=S)NC(=O)c2ccccc2OCC(C)C)cc1. The summed E-state index contributed by atoms with van der Waals surface area (Å²) in [4.78, 5) is 12.8. The van der Waals surface area contributed by atoms with Gasteiger partial charge in [0, 0.05) is 18.8 Å². The number of ether oxygens (including phenoxy) is 1. The molecule has 0 aliphatic rings. The van der Waals surface area contributed by atoms with Gasteiger partial charge in [-0.1, -0.05) is 39.8 Å². The molecule has 7 nitrogen and oxygen atoms in total. The number of hydrogen-bond acceptors (Lipinski definition) is 5. The van der Waals surface area contributed by atoms with E-state index in [0.717, 1.165) is 0 Å². The molecule has 0 bridgehead atoms. The second-order valence-corrected chi connectivity index (χ2v) is 9.57. The first-order chi connectivity index (χ1) is 14.7. The van der Waals surface area contributed by atoms with Crippen molar-refractivity contribution in [2.45, 2.75) is 32.6 Å². The van der Waals surface area contributed by atoms with Crippen LogP contribution in [0.1, 0.15) is 38.1 Å². The molecule has 168 valence electrons. The Morgan fingerprint density at radius 3 is 2.26 bits per heavy atom. The number of sulfonamides is 1. The van der Waals surface area contributed by atoms with Crippen LogP contribution in [-0.2, 0) is 10.0 Å². The lowest BCUT2D eigenvalue weighted by molar-refractivity contribution is 0.0973. The summed E-state index contributed by atoms with van der Waals surface area (Å²) < 4.78 is 32.2. The van der Waals surface area contributed by atoms with Crippen LogP contribution in [0.15, 0.2) is 53.4 Å². The van der Waals surface area contributed by atoms with Crippen LogP contribution in [-0.4, -0.2) is 43.4 Å². The molecule has 0 unspecified atom stereocenters. The summed E-state index contributed by atoms with van der Waals surface area (Å²) in [5.41, 5.74) is 0.945. The Kier molecular flexibility index (Phi) is 8.97. The van der Waals surface area contributed by atoms with Crippen molar-refractivity contribution in [1.82, 2.24) is 9.62 Å². The monoisotopic (exact) mass is 463 g/mol. The van der Waals surface area contributed by atoms with Crippen molar-refractivity contribution >= 4 is 38.9 Å². The molecule has 0 aliphatic heterocycles. The summed E-state index contributed by atoms with van der Waals surface area (Å²) >= 11 is 5.24. The van der Waals surface area contributed by atoms with Gasteiger partial charge in [-0.15, -0.1) is 0 Å². The minimum absolute atomic E-state index is 0.100. The average Bonchev–Trinajstić information content (AvgIpc) is 2.73. The number of carbonyl (C=O) groups is 1. The van der Waals surface area contributed by atoms with Gasteiger partial charge < -0.3 is 10.1 Å². The fourth-order valence-corrected chi connectivity index (χ4v) is 4.46. The van der Waals surface area contributed by atoms with E-state index in [4.69, 9.17) is 17.0 Å². The smallest absolute Gasteiger partial charge is 0.261 e. The molecule has 0 saturated carbocycles. The molecule has 0 spiro atoms. The van der Waals surface area contributed by atoms with Gasteiger partial charge in [0.1, 0.15) is 5.75 Å². The maximum atomic E-state index is 12.6. The van der Waals surface area contributed by atoms with E-state index in [1.807, 2.05) is 13.8 Å². The molecule has 0 radical (unpaired) electrons. The van der Waals surface area contributed by atoms with Crippen LogP contribution in [0.25, 0.3) is 0 Å². The van der Waals surface area contributed by atoms with Gasteiger partial charge in [-0.25, -0.2) is 8.42 Å². The lowest BCUT2D eigenvalue weighted by atomic mass is 10.2.